The zero-order chi connectivity index (χ0) is 17.5. The predicted octanol–water partition coefficient (Wildman–Crippen LogP) is 1.86. The van der Waals surface area contributed by atoms with E-state index in [4.69, 9.17) is 15.2 Å². The molecule has 0 radical (unpaired) electrons. The van der Waals surface area contributed by atoms with Gasteiger partial charge in [0.1, 0.15) is 0 Å². The minimum atomic E-state index is -0.0691. The Morgan fingerprint density at radius 3 is 2.68 bits per heavy atom. The number of nitrogens with two attached hydrogens (primary N) is 1. The fraction of sp³-hybridized carbons (Fsp3) is 0.316. The highest BCUT2D eigenvalue weighted by atomic mass is 16.7. The van der Waals surface area contributed by atoms with Gasteiger partial charge >= 0.3 is 0 Å². The summed E-state index contributed by atoms with van der Waals surface area (Å²) in [6.45, 7) is 2.51. The van der Waals surface area contributed by atoms with Gasteiger partial charge in [-0.05, 0) is 24.1 Å². The Hall–Kier alpha value is -2.57. The van der Waals surface area contributed by atoms with E-state index in [1.165, 1.54) is 5.56 Å². The van der Waals surface area contributed by atoms with Crippen molar-refractivity contribution in [3.8, 4) is 11.5 Å². The van der Waals surface area contributed by atoms with Crippen molar-refractivity contribution in [1.82, 2.24) is 4.90 Å². The molecule has 0 fully saturated rings. The Morgan fingerprint density at radius 2 is 1.88 bits per heavy atom. The van der Waals surface area contributed by atoms with Crippen LogP contribution in [0.15, 0.2) is 48.5 Å². The van der Waals surface area contributed by atoms with Crippen LogP contribution in [0.5, 0.6) is 11.5 Å². The Morgan fingerprint density at radius 1 is 1.08 bits per heavy atom. The number of amides is 1. The lowest BCUT2D eigenvalue weighted by atomic mass is 10.1. The van der Waals surface area contributed by atoms with Gasteiger partial charge in [0.05, 0.1) is 6.54 Å². The number of anilines is 1. The summed E-state index contributed by atoms with van der Waals surface area (Å²) in [6.07, 6.45) is 0.887. The van der Waals surface area contributed by atoms with Gasteiger partial charge in [-0.15, -0.1) is 0 Å². The molecule has 1 heterocycles. The second-order valence-corrected chi connectivity index (χ2v) is 5.92. The Balaban J connectivity index is 1.53. The molecule has 6 heteroatoms. The summed E-state index contributed by atoms with van der Waals surface area (Å²) >= 11 is 0. The van der Waals surface area contributed by atoms with Gasteiger partial charge in [-0.25, -0.2) is 0 Å². The van der Waals surface area contributed by atoms with Crippen LogP contribution >= 0.6 is 0 Å². The molecule has 0 saturated heterocycles. The first kappa shape index (κ1) is 17.3. The lowest BCUT2D eigenvalue weighted by Crippen LogP contribution is -2.37. The number of nitrogens with zero attached hydrogens (tertiary/aromatic N) is 1. The van der Waals surface area contributed by atoms with Crippen LogP contribution < -0.4 is 20.5 Å². The number of hydrogen-bond donors (Lipinski definition) is 2. The Bertz CT molecular complexity index is 706. The van der Waals surface area contributed by atoms with Crippen molar-refractivity contribution in [1.29, 1.82) is 0 Å². The number of carbonyl (C=O) groups is 1. The molecule has 0 atom stereocenters. The van der Waals surface area contributed by atoms with E-state index in [-0.39, 0.29) is 12.7 Å². The van der Waals surface area contributed by atoms with Crippen molar-refractivity contribution in [2.45, 2.75) is 6.42 Å². The largest absolute Gasteiger partial charge is 0.454 e. The second-order valence-electron chi connectivity index (χ2n) is 5.92. The molecule has 0 aromatic heterocycles. The van der Waals surface area contributed by atoms with Crippen LogP contribution in [0.25, 0.3) is 0 Å². The fourth-order valence-corrected chi connectivity index (χ4v) is 2.76. The van der Waals surface area contributed by atoms with Crippen molar-refractivity contribution >= 4 is 11.6 Å². The molecule has 6 nitrogen and oxygen atoms in total. The zero-order valence-electron chi connectivity index (χ0n) is 14.1. The minimum absolute atomic E-state index is 0.0691. The quantitative estimate of drug-likeness (QED) is 0.766. The van der Waals surface area contributed by atoms with E-state index in [9.17, 15) is 4.79 Å². The van der Waals surface area contributed by atoms with Crippen LogP contribution in [0.4, 0.5) is 5.69 Å². The van der Waals surface area contributed by atoms with Crippen LogP contribution in [0.3, 0.4) is 0 Å². The topological polar surface area (TPSA) is 76.8 Å². The first-order chi connectivity index (χ1) is 12.2. The van der Waals surface area contributed by atoms with Crippen LogP contribution in [0, 0.1) is 0 Å². The summed E-state index contributed by atoms with van der Waals surface area (Å²) in [7, 11) is 0. The molecule has 0 spiro atoms. The monoisotopic (exact) mass is 341 g/mol. The van der Waals surface area contributed by atoms with Gasteiger partial charge in [-0.2, -0.15) is 0 Å². The maximum Gasteiger partial charge on any atom is 0.238 e. The lowest BCUT2D eigenvalue weighted by molar-refractivity contribution is -0.117. The first-order valence-electron chi connectivity index (χ1n) is 8.40. The number of rotatable bonds is 8. The molecule has 2 aromatic carbocycles. The van der Waals surface area contributed by atoms with Crippen molar-refractivity contribution in [3.63, 3.8) is 0 Å². The van der Waals surface area contributed by atoms with Crippen LogP contribution in [-0.4, -0.2) is 43.8 Å². The van der Waals surface area contributed by atoms with E-state index in [0.717, 1.165) is 13.0 Å². The molecular formula is C19H23N3O3. The van der Waals surface area contributed by atoms with Crippen LogP contribution in [-0.2, 0) is 11.2 Å². The van der Waals surface area contributed by atoms with Gasteiger partial charge in [0.15, 0.2) is 11.5 Å². The van der Waals surface area contributed by atoms with E-state index >= 15 is 0 Å². The summed E-state index contributed by atoms with van der Waals surface area (Å²) in [4.78, 5) is 14.4. The molecule has 0 bridgehead atoms. The number of carbonyl (C=O) groups excluding carboxylic acids is 1. The van der Waals surface area contributed by atoms with Gasteiger partial charge in [-0.3, -0.25) is 9.69 Å². The summed E-state index contributed by atoms with van der Waals surface area (Å²) in [5.41, 5.74) is 7.63. The number of ether oxygens (including phenoxy) is 2. The maximum atomic E-state index is 12.3. The van der Waals surface area contributed by atoms with Crippen molar-refractivity contribution in [2.75, 3.05) is 38.3 Å². The van der Waals surface area contributed by atoms with E-state index in [1.54, 1.807) is 12.1 Å². The molecule has 1 aliphatic heterocycles. The number of hydrogen-bond acceptors (Lipinski definition) is 5. The molecule has 3 N–H and O–H groups in total. The lowest BCUT2D eigenvalue weighted by Gasteiger charge is -2.21. The van der Waals surface area contributed by atoms with Gasteiger partial charge < -0.3 is 20.5 Å². The first-order valence-corrected chi connectivity index (χ1v) is 8.40. The number of benzene rings is 2. The highest BCUT2D eigenvalue weighted by molar-refractivity contribution is 5.92. The van der Waals surface area contributed by atoms with Crippen LogP contribution in [0.2, 0.25) is 0 Å². The molecule has 132 valence electrons. The number of nitrogens with one attached hydrogen (secondary N) is 1. The van der Waals surface area contributed by atoms with Gasteiger partial charge in [-0.1, -0.05) is 30.3 Å². The molecule has 25 heavy (non-hydrogen) atoms. The standard InChI is InChI=1S/C19H23N3O3/c20-9-11-22(10-8-15-4-2-1-3-5-15)13-19(23)21-16-6-7-17-18(12-16)25-14-24-17/h1-7,12H,8-11,13-14,20H2,(H,21,23). The summed E-state index contributed by atoms with van der Waals surface area (Å²) in [6, 6.07) is 15.6. The molecular weight excluding hydrogens is 318 g/mol. The summed E-state index contributed by atoms with van der Waals surface area (Å²) in [5, 5.41) is 2.90. The van der Waals surface area contributed by atoms with Gasteiger partial charge in [0.2, 0.25) is 12.7 Å². The second kappa shape index (κ2) is 8.50. The maximum absolute atomic E-state index is 12.3. The van der Waals surface area contributed by atoms with Crippen molar-refractivity contribution in [2.24, 2.45) is 5.73 Å². The van der Waals surface area contributed by atoms with E-state index in [1.807, 2.05) is 24.3 Å². The molecule has 1 amide bonds. The van der Waals surface area contributed by atoms with Crippen molar-refractivity contribution in [3.05, 3.63) is 54.1 Å². The molecule has 0 saturated carbocycles. The zero-order valence-corrected chi connectivity index (χ0v) is 14.1. The van der Waals surface area contributed by atoms with E-state index in [2.05, 4.69) is 22.3 Å². The molecule has 3 rings (SSSR count). The van der Waals surface area contributed by atoms with Gasteiger partial charge in [0, 0.05) is 31.4 Å². The Kier molecular flexibility index (Phi) is 5.87. The smallest absolute Gasteiger partial charge is 0.238 e. The minimum Gasteiger partial charge on any atom is -0.454 e. The van der Waals surface area contributed by atoms with Crippen molar-refractivity contribution < 1.29 is 14.3 Å². The summed E-state index contributed by atoms with van der Waals surface area (Å²) in [5.74, 6) is 1.28. The third-order valence-corrected chi connectivity index (χ3v) is 4.03. The predicted molar refractivity (Wildman–Crippen MR) is 96.8 cm³/mol. The van der Waals surface area contributed by atoms with E-state index < -0.39 is 0 Å². The number of fused-ring (bicyclic) bond motifs is 1. The molecule has 0 unspecified atom stereocenters. The third-order valence-electron chi connectivity index (χ3n) is 4.03. The molecule has 0 aliphatic carbocycles. The third kappa shape index (κ3) is 4.95. The van der Waals surface area contributed by atoms with Gasteiger partial charge in [0.25, 0.3) is 0 Å². The van der Waals surface area contributed by atoms with Crippen LogP contribution in [0.1, 0.15) is 5.56 Å². The Labute approximate surface area is 147 Å². The summed E-state index contributed by atoms with van der Waals surface area (Å²) < 4.78 is 10.6. The molecule has 2 aromatic rings. The SMILES string of the molecule is NCCN(CCc1ccccc1)CC(=O)Nc1ccc2c(c1)OCO2. The average Bonchev–Trinajstić information content (AvgIpc) is 3.08. The normalized spacial score (nSPS) is 12.4. The highest BCUT2D eigenvalue weighted by Gasteiger charge is 2.15. The molecule has 1 aliphatic rings. The fourth-order valence-electron chi connectivity index (χ4n) is 2.76. The average molecular weight is 341 g/mol. The highest BCUT2D eigenvalue weighted by Crippen LogP contribution is 2.34. The van der Waals surface area contributed by atoms with E-state index in [0.29, 0.717) is 36.8 Å².